The first-order valence-electron chi connectivity index (χ1n) is 9.07. The molecule has 30 heavy (non-hydrogen) atoms. The van der Waals surface area contributed by atoms with Crippen LogP contribution in [0, 0.1) is 0 Å². The van der Waals surface area contributed by atoms with Crippen molar-refractivity contribution in [2.75, 3.05) is 19.0 Å². The van der Waals surface area contributed by atoms with Gasteiger partial charge in [0.2, 0.25) is 0 Å². The quantitative estimate of drug-likeness (QED) is 0.303. The monoisotopic (exact) mass is 419 g/mol. The van der Waals surface area contributed by atoms with E-state index in [2.05, 4.69) is 20.3 Å². The highest BCUT2D eigenvalue weighted by Crippen LogP contribution is 2.34. The van der Waals surface area contributed by atoms with E-state index in [-0.39, 0.29) is 23.8 Å². The van der Waals surface area contributed by atoms with Gasteiger partial charge in [0.25, 0.3) is 0 Å². The average molecular weight is 419 g/mol. The number of fused-ring (bicyclic) bond motifs is 1. The standard InChI is InChI=1S/C18H21N5O7/c1-29-11-2-8(9(25)3-10(11)26)4-19-16-13-17(21-6-20-16)23(7-22-13)18-15(28)14(27)12(5-24)30-18/h2-3,6-7,12,14-15,18,24-28H,4-5H2,1H3,(H,19,20,21)/t12-,14-,15-,18?/m1/s1. The first-order chi connectivity index (χ1) is 14.4. The summed E-state index contributed by atoms with van der Waals surface area (Å²) in [4.78, 5) is 12.6. The first-order valence-corrected chi connectivity index (χ1v) is 9.07. The molecule has 12 nitrogen and oxygen atoms in total. The summed E-state index contributed by atoms with van der Waals surface area (Å²) in [6.07, 6.45) is -1.73. The predicted molar refractivity (Wildman–Crippen MR) is 102 cm³/mol. The summed E-state index contributed by atoms with van der Waals surface area (Å²) >= 11 is 0. The van der Waals surface area contributed by atoms with Crippen LogP contribution in [0.4, 0.5) is 5.82 Å². The van der Waals surface area contributed by atoms with Gasteiger partial charge in [0.1, 0.15) is 30.4 Å². The Bertz CT molecular complexity index is 1060. The minimum absolute atomic E-state index is 0.122. The van der Waals surface area contributed by atoms with E-state index < -0.39 is 31.1 Å². The molecule has 1 aromatic carbocycles. The second-order valence-electron chi connectivity index (χ2n) is 6.78. The van der Waals surface area contributed by atoms with Gasteiger partial charge < -0.3 is 40.3 Å². The molecule has 3 heterocycles. The Hall–Kier alpha value is -3.19. The Kier molecular flexibility index (Phi) is 5.30. The van der Waals surface area contributed by atoms with Gasteiger partial charge in [0.15, 0.2) is 34.7 Å². The lowest BCUT2D eigenvalue weighted by molar-refractivity contribution is -0.0511. The van der Waals surface area contributed by atoms with Gasteiger partial charge in [-0.25, -0.2) is 15.0 Å². The third kappa shape index (κ3) is 3.35. The van der Waals surface area contributed by atoms with Crippen molar-refractivity contribution in [3.63, 3.8) is 0 Å². The van der Waals surface area contributed by atoms with Crippen LogP contribution in [-0.4, -0.2) is 77.1 Å². The first kappa shape index (κ1) is 20.1. The number of benzene rings is 1. The molecule has 1 saturated heterocycles. The Morgan fingerprint density at radius 3 is 2.63 bits per heavy atom. The molecule has 2 aromatic heterocycles. The molecule has 4 rings (SSSR count). The minimum Gasteiger partial charge on any atom is -0.507 e. The van der Waals surface area contributed by atoms with Crippen LogP contribution in [-0.2, 0) is 11.3 Å². The lowest BCUT2D eigenvalue weighted by atomic mass is 10.1. The molecule has 4 atom stereocenters. The van der Waals surface area contributed by atoms with Crippen LogP contribution in [0.2, 0.25) is 0 Å². The third-order valence-corrected chi connectivity index (χ3v) is 4.98. The Morgan fingerprint density at radius 1 is 1.13 bits per heavy atom. The summed E-state index contributed by atoms with van der Waals surface area (Å²) in [6, 6.07) is 2.68. The number of aliphatic hydroxyl groups is 3. The summed E-state index contributed by atoms with van der Waals surface area (Å²) in [5, 5.41) is 52.3. The molecule has 0 spiro atoms. The highest BCUT2D eigenvalue weighted by Gasteiger charge is 2.44. The van der Waals surface area contributed by atoms with Gasteiger partial charge in [-0.15, -0.1) is 0 Å². The van der Waals surface area contributed by atoms with Crippen LogP contribution in [0.3, 0.4) is 0 Å². The van der Waals surface area contributed by atoms with Crippen molar-refractivity contribution in [3.05, 3.63) is 30.4 Å². The number of hydrogen-bond donors (Lipinski definition) is 6. The number of aromatic hydroxyl groups is 2. The molecule has 0 bridgehead atoms. The number of anilines is 1. The van der Waals surface area contributed by atoms with Crippen LogP contribution < -0.4 is 10.1 Å². The maximum Gasteiger partial charge on any atom is 0.167 e. The number of phenols is 2. The fourth-order valence-corrected chi connectivity index (χ4v) is 3.36. The lowest BCUT2D eigenvalue weighted by Gasteiger charge is -2.16. The fourth-order valence-electron chi connectivity index (χ4n) is 3.36. The van der Waals surface area contributed by atoms with E-state index in [1.165, 1.54) is 36.5 Å². The van der Waals surface area contributed by atoms with E-state index in [0.717, 1.165) is 0 Å². The summed E-state index contributed by atoms with van der Waals surface area (Å²) in [5.41, 5.74) is 1.18. The second-order valence-corrected chi connectivity index (χ2v) is 6.78. The van der Waals surface area contributed by atoms with Gasteiger partial charge >= 0.3 is 0 Å². The SMILES string of the molecule is COc1cc(CNc2ncnc3c2ncn3C2O[C@H](CO)[C@@H](O)[C@H]2O)c(O)cc1O. The van der Waals surface area contributed by atoms with Gasteiger partial charge in [-0.3, -0.25) is 4.57 Å². The van der Waals surface area contributed by atoms with Crippen molar-refractivity contribution in [1.82, 2.24) is 19.5 Å². The number of imidazole rings is 1. The molecule has 0 saturated carbocycles. The highest BCUT2D eigenvalue weighted by atomic mass is 16.6. The minimum atomic E-state index is -1.27. The number of phenolic OH excluding ortho intramolecular Hbond substituents is 2. The normalized spacial score (nSPS) is 23.7. The van der Waals surface area contributed by atoms with E-state index >= 15 is 0 Å². The molecule has 0 radical (unpaired) electrons. The van der Waals surface area contributed by atoms with Crippen LogP contribution in [0.25, 0.3) is 11.2 Å². The summed E-state index contributed by atoms with van der Waals surface area (Å²) in [7, 11) is 1.40. The maximum absolute atomic E-state index is 10.3. The molecule has 6 N–H and O–H groups in total. The van der Waals surface area contributed by atoms with Gasteiger partial charge in [-0.05, 0) is 6.07 Å². The molecule has 1 unspecified atom stereocenters. The Labute approximate surface area is 170 Å². The molecule has 0 amide bonds. The maximum atomic E-state index is 10.3. The van der Waals surface area contributed by atoms with Gasteiger partial charge in [-0.2, -0.15) is 0 Å². The van der Waals surface area contributed by atoms with Crippen LogP contribution in [0.5, 0.6) is 17.2 Å². The molecule has 1 fully saturated rings. The average Bonchev–Trinajstić information content (AvgIpc) is 3.29. The zero-order valence-electron chi connectivity index (χ0n) is 15.9. The highest BCUT2D eigenvalue weighted by molar-refractivity contribution is 5.82. The van der Waals surface area contributed by atoms with Crippen molar-refractivity contribution in [1.29, 1.82) is 0 Å². The molecule has 12 heteroatoms. The number of nitrogens with zero attached hydrogens (tertiary/aromatic N) is 4. The van der Waals surface area contributed by atoms with Gasteiger partial charge in [0.05, 0.1) is 20.0 Å². The topological polar surface area (TPSA) is 175 Å². The largest absolute Gasteiger partial charge is 0.507 e. The number of methoxy groups -OCH3 is 1. The van der Waals surface area contributed by atoms with Crippen molar-refractivity contribution < 1.29 is 35.0 Å². The number of ether oxygens (including phenoxy) is 2. The van der Waals surface area contributed by atoms with Crippen LogP contribution >= 0.6 is 0 Å². The number of aliphatic hydroxyl groups excluding tert-OH is 3. The Morgan fingerprint density at radius 2 is 1.93 bits per heavy atom. The van der Waals surface area contributed by atoms with Crippen molar-refractivity contribution in [2.24, 2.45) is 0 Å². The lowest BCUT2D eigenvalue weighted by Crippen LogP contribution is -2.33. The molecule has 1 aliphatic heterocycles. The summed E-state index contributed by atoms with van der Waals surface area (Å²) < 4.78 is 12.0. The third-order valence-electron chi connectivity index (χ3n) is 4.98. The van der Waals surface area contributed by atoms with E-state index in [1.54, 1.807) is 0 Å². The van der Waals surface area contributed by atoms with Crippen molar-refractivity contribution in [3.8, 4) is 17.2 Å². The second kappa shape index (κ2) is 7.91. The van der Waals surface area contributed by atoms with E-state index in [0.29, 0.717) is 22.5 Å². The predicted octanol–water partition coefficient (Wildman–Crippen LogP) is -0.530. The zero-order chi connectivity index (χ0) is 21.4. The van der Waals surface area contributed by atoms with E-state index in [9.17, 15) is 25.5 Å². The van der Waals surface area contributed by atoms with Crippen LogP contribution in [0.1, 0.15) is 11.8 Å². The smallest absolute Gasteiger partial charge is 0.167 e. The van der Waals surface area contributed by atoms with Crippen molar-refractivity contribution >= 4 is 17.0 Å². The number of rotatable bonds is 6. The summed E-state index contributed by atoms with van der Waals surface area (Å²) in [5.74, 6) is 0.270. The molecular formula is C18H21N5O7. The Balaban J connectivity index is 1.60. The van der Waals surface area contributed by atoms with Crippen LogP contribution in [0.15, 0.2) is 24.8 Å². The molecule has 160 valence electrons. The molecule has 0 aliphatic carbocycles. The number of nitrogens with one attached hydrogen (secondary N) is 1. The van der Waals surface area contributed by atoms with Gasteiger partial charge in [-0.1, -0.05) is 0 Å². The molecular weight excluding hydrogens is 398 g/mol. The van der Waals surface area contributed by atoms with E-state index in [4.69, 9.17) is 9.47 Å². The molecule has 1 aliphatic rings. The number of aromatic nitrogens is 4. The zero-order valence-corrected chi connectivity index (χ0v) is 15.9. The van der Waals surface area contributed by atoms with E-state index in [1.807, 2.05) is 0 Å². The van der Waals surface area contributed by atoms with Crippen molar-refractivity contribution in [2.45, 2.75) is 31.1 Å². The summed E-state index contributed by atoms with van der Waals surface area (Å²) in [6.45, 7) is -0.294. The number of hydrogen-bond acceptors (Lipinski definition) is 11. The molecule has 3 aromatic rings. The van der Waals surface area contributed by atoms with Gasteiger partial charge in [0, 0.05) is 18.2 Å². The fraction of sp³-hybridized carbons (Fsp3) is 0.389.